The van der Waals surface area contributed by atoms with Crippen LogP contribution < -0.4 is 10.6 Å². The SMILES string of the molecule is CC1([At])C=CC=c2c(c3c(n2-c2sccc2Br)C=CCC=C3)=C1. The number of hydrogen-bond acceptors (Lipinski definition) is 1. The minimum atomic E-state index is 0.109. The summed E-state index contributed by atoms with van der Waals surface area (Å²) in [6.45, 7) is 2.28. The summed E-state index contributed by atoms with van der Waals surface area (Å²) in [5.41, 5.74) is 2.61. The third kappa shape index (κ3) is 2.79. The van der Waals surface area contributed by atoms with Gasteiger partial charge in [0, 0.05) is 0 Å². The number of halogens is 1. The zero-order valence-corrected chi connectivity index (χ0v) is 17.9. The predicted molar refractivity (Wildman–Crippen MR) is 99.7 cm³/mol. The molecule has 0 saturated heterocycles. The molecule has 2 aromatic rings. The molecule has 1 nitrogen and oxygen atoms in total. The van der Waals surface area contributed by atoms with Crippen molar-refractivity contribution in [2.75, 3.05) is 0 Å². The van der Waals surface area contributed by atoms with Gasteiger partial charge in [-0.2, -0.15) is 0 Å². The third-order valence-electron chi connectivity index (χ3n) is 4.06. The maximum atomic E-state index is 3.71. The first-order valence-corrected chi connectivity index (χ1v) is 10.6. The van der Waals surface area contributed by atoms with Crippen molar-refractivity contribution >= 4 is 51.6 Å². The molecule has 116 valence electrons. The number of fused-ring (bicyclic) bond motifs is 3. The van der Waals surface area contributed by atoms with Crippen molar-refractivity contribution in [3.63, 3.8) is 0 Å². The molecule has 1 atom stereocenters. The van der Waals surface area contributed by atoms with Crippen LogP contribution in [0.3, 0.4) is 0 Å². The van der Waals surface area contributed by atoms with Crippen molar-refractivity contribution in [2.24, 2.45) is 0 Å². The van der Waals surface area contributed by atoms with Gasteiger partial charge in [-0.25, -0.2) is 0 Å². The Morgan fingerprint density at radius 2 is 2.13 bits per heavy atom. The van der Waals surface area contributed by atoms with Gasteiger partial charge in [0.1, 0.15) is 0 Å². The Balaban J connectivity index is 2.19. The van der Waals surface area contributed by atoms with Gasteiger partial charge in [0.05, 0.1) is 0 Å². The molecule has 4 rings (SSSR count). The second-order valence-electron chi connectivity index (χ2n) is 5.87. The van der Waals surface area contributed by atoms with Crippen LogP contribution in [0.1, 0.15) is 24.6 Å². The van der Waals surface area contributed by atoms with E-state index in [1.807, 2.05) is 0 Å². The van der Waals surface area contributed by atoms with Crippen LogP contribution in [0, 0.1) is 24.7 Å². The fourth-order valence-electron chi connectivity index (χ4n) is 3.07. The van der Waals surface area contributed by atoms with Crippen molar-refractivity contribution in [2.45, 2.75) is 16.5 Å². The number of allylic oxidation sites excluding steroid dienone is 4. The topological polar surface area (TPSA) is 4.93 Å². The van der Waals surface area contributed by atoms with E-state index >= 15 is 0 Å². The number of nitrogens with zero attached hydrogens (tertiary/aromatic N) is 1. The maximum absolute atomic E-state index is 3.71. The number of hydrogen-bond donors (Lipinski definition) is 0. The Bertz CT molecular complexity index is 985. The number of rotatable bonds is 1. The molecule has 2 aliphatic rings. The first-order chi connectivity index (χ1) is 11.1. The van der Waals surface area contributed by atoms with Crippen LogP contribution in [-0.2, 0) is 0 Å². The summed E-state index contributed by atoms with van der Waals surface area (Å²) >= 11 is 7.28. The summed E-state index contributed by atoms with van der Waals surface area (Å²) in [4.78, 5) is 0. The first-order valence-electron chi connectivity index (χ1n) is 7.49. The van der Waals surface area contributed by atoms with Gasteiger partial charge in [-0.05, 0) is 0 Å². The molecule has 0 bridgehead atoms. The quantitative estimate of drug-likeness (QED) is 0.466. The van der Waals surface area contributed by atoms with Crippen molar-refractivity contribution in [3.8, 4) is 5.00 Å². The van der Waals surface area contributed by atoms with Gasteiger partial charge in [0.15, 0.2) is 0 Å². The van der Waals surface area contributed by atoms with Crippen LogP contribution in [0.5, 0.6) is 0 Å². The molecule has 0 N–H and O–H groups in total. The fraction of sp³-hybridized carbons (Fsp3) is 0.158. The van der Waals surface area contributed by atoms with E-state index in [0.717, 1.165) is 10.9 Å². The average Bonchev–Trinajstić information content (AvgIpc) is 2.85. The first kappa shape index (κ1) is 15.8. The molecule has 0 fully saturated rings. The number of thiophene rings is 1. The van der Waals surface area contributed by atoms with Crippen molar-refractivity contribution in [3.05, 3.63) is 62.0 Å². The van der Waals surface area contributed by atoms with Crippen LogP contribution in [0.15, 0.2) is 40.2 Å². The average molecular weight is 579 g/mol. The number of aromatic nitrogens is 1. The molecule has 0 aromatic carbocycles. The van der Waals surface area contributed by atoms with Gasteiger partial charge in [0.25, 0.3) is 0 Å². The molecule has 0 saturated carbocycles. The molecule has 0 aliphatic heterocycles. The van der Waals surface area contributed by atoms with Crippen LogP contribution in [-0.4, -0.2) is 4.57 Å². The minimum absolute atomic E-state index is 0.109. The van der Waals surface area contributed by atoms with Gasteiger partial charge in [-0.1, -0.05) is 0 Å². The second-order valence-corrected chi connectivity index (χ2v) is 10.8. The Morgan fingerprint density at radius 3 is 2.91 bits per heavy atom. The Kier molecular flexibility index (Phi) is 4.11. The van der Waals surface area contributed by atoms with E-state index in [0.29, 0.717) is 0 Å². The van der Waals surface area contributed by atoms with E-state index in [1.165, 1.54) is 26.8 Å². The molecular formula is C19H15AtBrNS. The summed E-state index contributed by atoms with van der Waals surface area (Å²) in [6.07, 6.45) is 19.2. The molecule has 0 spiro atoms. The van der Waals surface area contributed by atoms with Gasteiger partial charge < -0.3 is 0 Å². The monoisotopic (exact) mass is 578 g/mol. The molecule has 2 aromatic heterocycles. The zero-order chi connectivity index (χ0) is 16.0. The summed E-state index contributed by atoms with van der Waals surface area (Å²) in [5, 5.41) is 5.99. The van der Waals surface area contributed by atoms with E-state index in [-0.39, 0.29) is 3.12 Å². The Labute approximate surface area is 163 Å². The molecule has 2 heterocycles. The van der Waals surface area contributed by atoms with Gasteiger partial charge in [0.2, 0.25) is 0 Å². The fourth-order valence-corrected chi connectivity index (χ4v) is 5.36. The molecule has 4 heteroatoms. The van der Waals surface area contributed by atoms with E-state index in [4.69, 9.17) is 0 Å². The van der Waals surface area contributed by atoms with Crippen molar-refractivity contribution in [1.82, 2.24) is 4.57 Å². The van der Waals surface area contributed by atoms with Crippen molar-refractivity contribution in [1.29, 1.82) is 0 Å². The molecule has 0 radical (unpaired) electrons. The van der Waals surface area contributed by atoms with E-state index < -0.39 is 0 Å². The summed E-state index contributed by atoms with van der Waals surface area (Å²) < 4.78 is 3.65. The molecular weight excluding hydrogens is 564 g/mol. The third-order valence-corrected chi connectivity index (χ3v) is 6.77. The van der Waals surface area contributed by atoms with Crippen LogP contribution in [0.2, 0.25) is 3.12 Å². The standard InChI is InChI=1S/C19H15AtBrNS/c1-19(20)10-5-8-17-14(12-19)13-6-3-2-4-7-16(13)22(17)18-15(21)9-11-23-18/h3-12H,2H2,1H3. The zero-order valence-electron chi connectivity index (χ0n) is 12.6. The normalized spacial score (nSPS) is 21.9. The van der Waals surface area contributed by atoms with Crippen LogP contribution in [0.25, 0.3) is 29.3 Å². The van der Waals surface area contributed by atoms with Gasteiger partial charge >= 0.3 is 164 Å². The summed E-state index contributed by atoms with van der Waals surface area (Å²) in [5.74, 6) is 0. The predicted octanol–water partition coefficient (Wildman–Crippen LogP) is 4.59. The summed E-state index contributed by atoms with van der Waals surface area (Å²) in [6, 6.07) is 2.12. The molecule has 1 unspecified atom stereocenters. The Hall–Kier alpha value is -0.697. The second kappa shape index (κ2) is 5.99. The molecule has 0 amide bonds. The summed E-state index contributed by atoms with van der Waals surface area (Å²) in [7, 11) is 0. The van der Waals surface area contributed by atoms with E-state index in [2.05, 4.69) is 87.5 Å². The van der Waals surface area contributed by atoms with E-state index in [9.17, 15) is 0 Å². The van der Waals surface area contributed by atoms with Crippen molar-refractivity contribution < 1.29 is 24.7 Å². The molecule has 23 heavy (non-hydrogen) atoms. The van der Waals surface area contributed by atoms with Crippen LogP contribution >= 0.6 is 27.3 Å². The van der Waals surface area contributed by atoms with Gasteiger partial charge in [-0.3, -0.25) is 0 Å². The van der Waals surface area contributed by atoms with E-state index in [1.54, 1.807) is 36.1 Å². The Morgan fingerprint density at radius 1 is 1.30 bits per heavy atom. The van der Waals surface area contributed by atoms with Crippen LogP contribution in [0.4, 0.5) is 0 Å². The molecule has 2 aliphatic carbocycles. The van der Waals surface area contributed by atoms with Gasteiger partial charge in [-0.15, -0.1) is 0 Å².